The Hall–Kier alpha value is -2.28. The van der Waals surface area contributed by atoms with Crippen LogP contribution in [0.15, 0.2) is 28.8 Å². The molecule has 0 bridgehead atoms. The van der Waals surface area contributed by atoms with Gasteiger partial charge in [0.25, 0.3) is 0 Å². The van der Waals surface area contributed by atoms with E-state index in [1.165, 1.54) is 6.07 Å². The summed E-state index contributed by atoms with van der Waals surface area (Å²) in [4.78, 5) is 19.0. The van der Waals surface area contributed by atoms with Crippen molar-refractivity contribution in [3.63, 3.8) is 0 Å². The van der Waals surface area contributed by atoms with Gasteiger partial charge in [-0.15, -0.1) is 0 Å². The molecule has 4 rings (SSSR count). The minimum Gasteiger partial charge on any atom is -0.384 e. The zero-order valence-corrected chi connectivity index (χ0v) is 14.7. The van der Waals surface area contributed by atoms with E-state index in [1.807, 2.05) is 0 Å². The number of likely N-dealkylation sites (tertiary alicyclic amines) is 1. The minimum atomic E-state index is -0.351. The number of ether oxygens (including phenoxy) is 1. The second-order valence-electron chi connectivity index (χ2n) is 7.15. The highest BCUT2D eigenvalue weighted by Crippen LogP contribution is 2.40. The molecule has 7 heteroatoms. The van der Waals surface area contributed by atoms with E-state index in [0.29, 0.717) is 37.1 Å². The molecule has 2 aromatic rings. The number of aromatic nitrogens is 2. The van der Waals surface area contributed by atoms with Gasteiger partial charge in [-0.1, -0.05) is 23.4 Å². The van der Waals surface area contributed by atoms with Gasteiger partial charge in [-0.2, -0.15) is 4.98 Å². The van der Waals surface area contributed by atoms with Crippen LogP contribution in [0.2, 0.25) is 0 Å². The summed E-state index contributed by atoms with van der Waals surface area (Å²) >= 11 is 0. The lowest BCUT2D eigenvalue weighted by Crippen LogP contribution is -2.31. The monoisotopic (exact) mass is 359 g/mol. The Bertz CT molecular complexity index is 790. The van der Waals surface area contributed by atoms with Crippen molar-refractivity contribution in [1.29, 1.82) is 0 Å². The van der Waals surface area contributed by atoms with Gasteiger partial charge in [0, 0.05) is 32.0 Å². The number of benzene rings is 1. The summed E-state index contributed by atoms with van der Waals surface area (Å²) in [7, 11) is 1.64. The van der Waals surface area contributed by atoms with Crippen molar-refractivity contribution in [1.82, 2.24) is 15.0 Å². The second-order valence-corrected chi connectivity index (χ2v) is 7.15. The summed E-state index contributed by atoms with van der Waals surface area (Å²) in [6, 6.07) is 6.38. The van der Waals surface area contributed by atoms with Crippen molar-refractivity contribution < 1.29 is 18.4 Å². The van der Waals surface area contributed by atoms with Crippen LogP contribution in [-0.2, 0) is 16.0 Å². The van der Waals surface area contributed by atoms with Crippen LogP contribution >= 0.6 is 0 Å². The molecule has 0 radical (unpaired) electrons. The number of hydrogen-bond acceptors (Lipinski definition) is 5. The van der Waals surface area contributed by atoms with E-state index >= 15 is 0 Å². The first-order valence-corrected chi connectivity index (χ1v) is 8.99. The maximum atomic E-state index is 13.8. The third-order valence-corrected chi connectivity index (χ3v) is 5.19. The number of amides is 1. The molecular formula is C19H22FN3O3. The van der Waals surface area contributed by atoms with Crippen LogP contribution in [-0.4, -0.2) is 47.8 Å². The number of carbonyl (C=O) groups excluding carboxylic acids is 1. The lowest BCUT2D eigenvalue weighted by atomic mass is 9.97. The van der Waals surface area contributed by atoms with Crippen LogP contribution < -0.4 is 0 Å². The lowest BCUT2D eigenvalue weighted by molar-refractivity contribution is -0.129. The molecule has 1 saturated heterocycles. The highest BCUT2D eigenvalue weighted by Gasteiger charge is 2.40. The molecule has 2 heterocycles. The molecule has 2 unspecified atom stereocenters. The molecule has 2 atom stereocenters. The first-order valence-electron chi connectivity index (χ1n) is 8.99. The fourth-order valence-corrected chi connectivity index (χ4v) is 3.56. The molecule has 2 aliphatic rings. The fraction of sp³-hybridized carbons (Fsp3) is 0.526. The van der Waals surface area contributed by atoms with Crippen molar-refractivity contribution in [3.05, 3.63) is 47.4 Å². The molecule has 138 valence electrons. The number of rotatable bonds is 6. The van der Waals surface area contributed by atoms with Gasteiger partial charge >= 0.3 is 0 Å². The molecule has 1 aliphatic carbocycles. The van der Waals surface area contributed by atoms with Gasteiger partial charge in [0.15, 0.2) is 5.82 Å². The Labute approximate surface area is 151 Å². The van der Waals surface area contributed by atoms with Gasteiger partial charge in [0.2, 0.25) is 11.8 Å². The van der Waals surface area contributed by atoms with Crippen molar-refractivity contribution in [2.45, 2.75) is 31.1 Å². The molecule has 1 aromatic heterocycles. The second kappa shape index (κ2) is 7.15. The minimum absolute atomic E-state index is 0.0421. The summed E-state index contributed by atoms with van der Waals surface area (Å²) in [5, 5.41) is 4.09. The van der Waals surface area contributed by atoms with E-state index in [9.17, 15) is 9.18 Å². The van der Waals surface area contributed by atoms with E-state index in [2.05, 4.69) is 10.1 Å². The first kappa shape index (κ1) is 17.1. The van der Waals surface area contributed by atoms with Crippen LogP contribution in [0.3, 0.4) is 0 Å². The zero-order valence-electron chi connectivity index (χ0n) is 14.7. The molecule has 1 aromatic carbocycles. The van der Waals surface area contributed by atoms with Gasteiger partial charge in [0.05, 0.1) is 18.9 Å². The molecule has 6 nitrogen and oxygen atoms in total. The zero-order chi connectivity index (χ0) is 18.1. The smallest absolute Gasteiger partial charge is 0.231 e. The summed E-state index contributed by atoms with van der Waals surface area (Å²) in [6.07, 6.45) is 2.27. The third kappa shape index (κ3) is 3.49. The largest absolute Gasteiger partial charge is 0.384 e. The molecule has 1 saturated carbocycles. The summed E-state index contributed by atoms with van der Waals surface area (Å²) in [5.41, 5.74) is 0.415. The molecule has 2 fully saturated rings. The van der Waals surface area contributed by atoms with Crippen molar-refractivity contribution in [2.24, 2.45) is 5.92 Å². The first-order chi connectivity index (χ1) is 12.7. The van der Waals surface area contributed by atoms with Crippen LogP contribution in [0.25, 0.3) is 0 Å². The maximum Gasteiger partial charge on any atom is 0.231 e. The number of nitrogens with zero attached hydrogens (tertiary/aromatic N) is 3. The van der Waals surface area contributed by atoms with Crippen LogP contribution in [0.4, 0.5) is 4.39 Å². The maximum absolute atomic E-state index is 13.8. The van der Waals surface area contributed by atoms with Gasteiger partial charge in [-0.3, -0.25) is 4.79 Å². The van der Waals surface area contributed by atoms with Gasteiger partial charge in [-0.05, 0) is 24.5 Å². The molecule has 0 spiro atoms. The topological polar surface area (TPSA) is 68.5 Å². The third-order valence-electron chi connectivity index (χ3n) is 5.19. The van der Waals surface area contributed by atoms with Gasteiger partial charge < -0.3 is 14.2 Å². The predicted molar refractivity (Wildman–Crippen MR) is 91.1 cm³/mol. The fourth-order valence-electron chi connectivity index (χ4n) is 3.56. The summed E-state index contributed by atoms with van der Waals surface area (Å²) in [5.74, 6) is 1.38. The van der Waals surface area contributed by atoms with Crippen molar-refractivity contribution in [2.75, 3.05) is 26.8 Å². The predicted octanol–water partition coefficient (Wildman–Crippen LogP) is 2.52. The molecule has 26 heavy (non-hydrogen) atoms. The Balaban J connectivity index is 1.47. The lowest BCUT2D eigenvalue weighted by Gasteiger charge is -2.16. The van der Waals surface area contributed by atoms with E-state index in [0.717, 1.165) is 18.7 Å². The Morgan fingerprint density at radius 2 is 2.15 bits per heavy atom. The Morgan fingerprint density at radius 3 is 2.88 bits per heavy atom. The van der Waals surface area contributed by atoms with Crippen LogP contribution in [0, 0.1) is 11.7 Å². The molecule has 0 N–H and O–H groups in total. The van der Waals surface area contributed by atoms with Gasteiger partial charge in [0.1, 0.15) is 5.82 Å². The average molecular weight is 359 g/mol. The van der Waals surface area contributed by atoms with E-state index in [4.69, 9.17) is 9.26 Å². The summed E-state index contributed by atoms with van der Waals surface area (Å²) < 4.78 is 24.6. The van der Waals surface area contributed by atoms with E-state index < -0.39 is 0 Å². The van der Waals surface area contributed by atoms with E-state index in [1.54, 1.807) is 30.2 Å². The molecule has 1 amide bonds. The SMILES string of the molecule is COCC1CN(C(=O)Cc2ccccc2F)CC1c1nc(C2CC2)no1. The Morgan fingerprint density at radius 1 is 1.35 bits per heavy atom. The molecule has 1 aliphatic heterocycles. The number of hydrogen-bond donors (Lipinski definition) is 0. The molecular weight excluding hydrogens is 337 g/mol. The number of methoxy groups -OCH3 is 1. The van der Waals surface area contributed by atoms with Crippen molar-refractivity contribution in [3.8, 4) is 0 Å². The van der Waals surface area contributed by atoms with Gasteiger partial charge in [-0.25, -0.2) is 4.39 Å². The standard InChI is InChI=1S/C19H22FN3O3/c1-25-11-14-9-23(17(24)8-13-4-2-3-5-16(13)20)10-15(14)19-21-18(22-26-19)12-6-7-12/h2-5,12,14-15H,6-11H2,1H3. The highest BCUT2D eigenvalue weighted by atomic mass is 19.1. The number of halogens is 1. The number of carbonyl (C=O) groups is 1. The normalized spacial score (nSPS) is 22.8. The van der Waals surface area contributed by atoms with Crippen molar-refractivity contribution >= 4 is 5.91 Å². The highest BCUT2D eigenvalue weighted by molar-refractivity contribution is 5.79. The average Bonchev–Trinajstić information content (AvgIpc) is 3.21. The van der Waals surface area contributed by atoms with Crippen LogP contribution in [0.5, 0.6) is 0 Å². The summed E-state index contributed by atoms with van der Waals surface area (Å²) in [6.45, 7) is 1.55. The Kier molecular flexibility index (Phi) is 4.72. The quantitative estimate of drug-likeness (QED) is 0.793. The van der Waals surface area contributed by atoms with E-state index in [-0.39, 0.29) is 30.0 Å². The van der Waals surface area contributed by atoms with Crippen LogP contribution in [0.1, 0.15) is 42.0 Å².